The molecule has 2 N–H and O–H groups in total. The topological polar surface area (TPSA) is 40.5 Å². The highest BCUT2D eigenvalue weighted by atomic mass is 16.3. The van der Waals surface area contributed by atoms with Crippen molar-refractivity contribution in [2.24, 2.45) is 23.2 Å². The van der Waals surface area contributed by atoms with E-state index in [1.807, 2.05) is 13.8 Å². The van der Waals surface area contributed by atoms with Crippen molar-refractivity contribution in [1.82, 2.24) is 0 Å². The molecular formula is C18H36O2. The third-order valence-corrected chi connectivity index (χ3v) is 5.92. The fraction of sp³-hybridized carbons (Fsp3) is 1.00. The van der Waals surface area contributed by atoms with Gasteiger partial charge in [-0.3, -0.25) is 0 Å². The summed E-state index contributed by atoms with van der Waals surface area (Å²) in [6, 6.07) is 0. The summed E-state index contributed by atoms with van der Waals surface area (Å²) in [7, 11) is 0. The molecule has 0 spiro atoms. The van der Waals surface area contributed by atoms with Crippen LogP contribution in [0.25, 0.3) is 0 Å². The number of hydrogen-bond donors (Lipinski definition) is 2. The fourth-order valence-electron chi connectivity index (χ4n) is 4.90. The predicted molar refractivity (Wildman–Crippen MR) is 85.6 cm³/mol. The highest BCUT2D eigenvalue weighted by molar-refractivity contribution is 5.01. The minimum absolute atomic E-state index is 0.0432. The van der Waals surface area contributed by atoms with Gasteiger partial charge in [0.05, 0.1) is 6.10 Å². The third kappa shape index (κ3) is 3.76. The first-order valence-corrected chi connectivity index (χ1v) is 8.88. The Kier molecular flexibility index (Phi) is 7.53. The largest absolute Gasteiger partial charge is 0.396 e. The Morgan fingerprint density at radius 1 is 1.15 bits per heavy atom. The lowest BCUT2D eigenvalue weighted by Crippen LogP contribution is -2.41. The summed E-state index contributed by atoms with van der Waals surface area (Å²) in [6.45, 7) is 9.15. The summed E-state index contributed by atoms with van der Waals surface area (Å²) in [5, 5.41) is 19.1. The van der Waals surface area contributed by atoms with Gasteiger partial charge in [0.2, 0.25) is 0 Å². The van der Waals surface area contributed by atoms with E-state index in [2.05, 4.69) is 13.8 Å². The summed E-state index contributed by atoms with van der Waals surface area (Å²) in [6.07, 6.45) is 9.36. The summed E-state index contributed by atoms with van der Waals surface area (Å²) >= 11 is 0. The zero-order chi connectivity index (χ0) is 15.2. The smallest absolute Gasteiger partial charge is 0.0573 e. The molecule has 2 rings (SSSR count). The van der Waals surface area contributed by atoms with E-state index in [9.17, 15) is 5.11 Å². The van der Waals surface area contributed by atoms with Gasteiger partial charge in [-0.2, -0.15) is 0 Å². The van der Waals surface area contributed by atoms with Gasteiger partial charge in [-0.25, -0.2) is 0 Å². The minimum atomic E-state index is -0.0432. The average molecular weight is 284 g/mol. The van der Waals surface area contributed by atoms with Crippen molar-refractivity contribution in [1.29, 1.82) is 0 Å². The monoisotopic (exact) mass is 284 g/mol. The van der Waals surface area contributed by atoms with Crippen LogP contribution in [0, 0.1) is 23.2 Å². The second-order valence-corrected chi connectivity index (χ2v) is 6.95. The van der Waals surface area contributed by atoms with Crippen LogP contribution in [-0.2, 0) is 0 Å². The SMILES string of the molecule is CC.C[C@@H](CCCCO)C1CCC2[C@@H](O)CCC[C@]12C. The van der Waals surface area contributed by atoms with Crippen LogP contribution < -0.4 is 0 Å². The van der Waals surface area contributed by atoms with E-state index < -0.39 is 0 Å². The molecule has 2 unspecified atom stereocenters. The Bertz CT molecular complexity index is 266. The highest BCUT2D eigenvalue weighted by Gasteiger charge is 2.51. The number of hydrogen-bond acceptors (Lipinski definition) is 2. The van der Waals surface area contributed by atoms with Crippen LogP contribution in [-0.4, -0.2) is 22.9 Å². The van der Waals surface area contributed by atoms with Crippen LogP contribution in [0.2, 0.25) is 0 Å². The number of rotatable bonds is 5. The molecule has 120 valence electrons. The average Bonchev–Trinajstić information content (AvgIpc) is 2.80. The highest BCUT2D eigenvalue weighted by Crippen LogP contribution is 2.58. The van der Waals surface area contributed by atoms with E-state index in [1.165, 1.54) is 32.1 Å². The molecule has 0 aromatic heterocycles. The minimum Gasteiger partial charge on any atom is -0.396 e. The molecule has 0 amide bonds. The molecule has 0 aromatic rings. The van der Waals surface area contributed by atoms with Crippen LogP contribution in [0.4, 0.5) is 0 Å². The maximum Gasteiger partial charge on any atom is 0.0573 e. The lowest BCUT2D eigenvalue weighted by atomic mass is 9.61. The fourth-order valence-corrected chi connectivity index (χ4v) is 4.90. The first kappa shape index (κ1) is 18.0. The van der Waals surface area contributed by atoms with E-state index in [1.54, 1.807) is 0 Å². The Hall–Kier alpha value is -0.0800. The second kappa shape index (κ2) is 8.38. The van der Waals surface area contributed by atoms with Crippen molar-refractivity contribution in [2.45, 2.75) is 85.2 Å². The molecule has 2 aliphatic rings. The standard InChI is InChI=1S/C16H30O2.C2H6/c1-12(6-3-4-11-17)13-8-9-14-15(18)7-5-10-16(13,14)2;1-2/h12-15,17-18H,3-11H2,1-2H3;1-2H3/t12-,13?,14?,15-,16+;/m0./s1. The quantitative estimate of drug-likeness (QED) is 0.735. The molecule has 2 heteroatoms. The predicted octanol–water partition coefficient (Wildman–Crippen LogP) is 4.39. The molecule has 2 nitrogen and oxygen atoms in total. The van der Waals surface area contributed by atoms with Crippen molar-refractivity contribution in [3.8, 4) is 0 Å². The van der Waals surface area contributed by atoms with Crippen LogP contribution in [0.3, 0.4) is 0 Å². The molecule has 2 saturated carbocycles. The van der Waals surface area contributed by atoms with Gasteiger partial charge in [0.1, 0.15) is 0 Å². The Labute approximate surface area is 126 Å². The molecule has 5 atom stereocenters. The molecule has 0 radical (unpaired) electrons. The van der Waals surface area contributed by atoms with Crippen molar-refractivity contribution in [2.75, 3.05) is 6.61 Å². The van der Waals surface area contributed by atoms with Crippen LogP contribution >= 0.6 is 0 Å². The Morgan fingerprint density at radius 2 is 1.85 bits per heavy atom. The van der Waals surface area contributed by atoms with E-state index in [0.29, 0.717) is 17.9 Å². The molecule has 2 fully saturated rings. The van der Waals surface area contributed by atoms with Crippen molar-refractivity contribution >= 4 is 0 Å². The normalized spacial score (nSPS) is 37.8. The number of fused-ring (bicyclic) bond motifs is 1. The van der Waals surface area contributed by atoms with Gasteiger partial charge in [-0.1, -0.05) is 47.0 Å². The molecule has 20 heavy (non-hydrogen) atoms. The first-order valence-electron chi connectivity index (χ1n) is 8.88. The zero-order valence-electron chi connectivity index (χ0n) is 14.1. The molecule has 0 aromatic carbocycles. The van der Waals surface area contributed by atoms with E-state index in [4.69, 9.17) is 5.11 Å². The van der Waals surface area contributed by atoms with E-state index in [0.717, 1.165) is 31.1 Å². The molecule has 0 bridgehead atoms. The Balaban J connectivity index is 0.000000956. The third-order valence-electron chi connectivity index (χ3n) is 5.92. The van der Waals surface area contributed by atoms with E-state index in [-0.39, 0.29) is 6.10 Å². The Morgan fingerprint density at radius 3 is 2.50 bits per heavy atom. The van der Waals surface area contributed by atoms with Gasteiger partial charge in [0, 0.05) is 6.61 Å². The van der Waals surface area contributed by atoms with Gasteiger partial charge >= 0.3 is 0 Å². The van der Waals surface area contributed by atoms with Gasteiger partial charge < -0.3 is 10.2 Å². The molecule has 2 aliphatic carbocycles. The molecular weight excluding hydrogens is 248 g/mol. The lowest BCUT2D eigenvalue weighted by molar-refractivity contribution is -0.0278. The van der Waals surface area contributed by atoms with E-state index >= 15 is 0 Å². The van der Waals surface area contributed by atoms with Crippen LogP contribution in [0.1, 0.15) is 79.1 Å². The summed E-state index contributed by atoms with van der Waals surface area (Å²) in [5.41, 5.74) is 0.385. The maximum atomic E-state index is 10.2. The van der Waals surface area contributed by atoms with Crippen molar-refractivity contribution in [3.05, 3.63) is 0 Å². The molecule has 0 saturated heterocycles. The summed E-state index contributed by atoms with van der Waals surface area (Å²) in [5.74, 6) is 2.09. The van der Waals surface area contributed by atoms with Gasteiger partial charge in [0.25, 0.3) is 0 Å². The van der Waals surface area contributed by atoms with Crippen molar-refractivity contribution in [3.63, 3.8) is 0 Å². The first-order chi connectivity index (χ1) is 9.59. The number of aliphatic hydroxyl groups excluding tert-OH is 2. The molecule has 0 heterocycles. The van der Waals surface area contributed by atoms with Gasteiger partial charge in [0.15, 0.2) is 0 Å². The summed E-state index contributed by atoms with van der Waals surface area (Å²) in [4.78, 5) is 0. The van der Waals surface area contributed by atoms with Gasteiger partial charge in [-0.15, -0.1) is 0 Å². The lowest BCUT2D eigenvalue weighted by Gasteiger charge is -2.45. The number of unbranched alkanes of at least 4 members (excludes halogenated alkanes) is 1. The number of aliphatic hydroxyl groups is 2. The summed E-state index contributed by atoms with van der Waals surface area (Å²) < 4.78 is 0. The van der Waals surface area contributed by atoms with Gasteiger partial charge in [-0.05, 0) is 55.3 Å². The molecule has 0 aliphatic heterocycles. The zero-order valence-corrected chi connectivity index (χ0v) is 14.1. The maximum absolute atomic E-state index is 10.2. The van der Waals surface area contributed by atoms with Crippen LogP contribution in [0.15, 0.2) is 0 Å². The second-order valence-electron chi connectivity index (χ2n) is 6.95. The van der Waals surface area contributed by atoms with Crippen molar-refractivity contribution < 1.29 is 10.2 Å². The van der Waals surface area contributed by atoms with Crippen LogP contribution in [0.5, 0.6) is 0 Å².